The lowest BCUT2D eigenvalue weighted by Crippen LogP contribution is -2.34. The van der Waals surface area contributed by atoms with Crippen molar-refractivity contribution in [3.05, 3.63) is 55.7 Å². The summed E-state index contributed by atoms with van der Waals surface area (Å²) in [6.45, 7) is 0.873. The van der Waals surface area contributed by atoms with Crippen LogP contribution in [-0.4, -0.2) is 72.3 Å². The molecule has 6 N–H and O–H groups in total. The van der Waals surface area contributed by atoms with Gasteiger partial charge >= 0.3 is 12.1 Å². The van der Waals surface area contributed by atoms with Crippen LogP contribution in [0.1, 0.15) is 0 Å². The Morgan fingerprint density at radius 1 is 0.812 bits per heavy atom. The summed E-state index contributed by atoms with van der Waals surface area (Å²) in [6.07, 6.45) is 2.85. The maximum Gasteiger partial charge on any atom is 0.314 e. The predicted molar refractivity (Wildman–Crippen MR) is 119 cm³/mol. The average molecular weight is 440 g/mol. The lowest BCUT2D eigenvalue weighted by Gasteiger charge is -2.12. The second kappa shape index (κ2) is 9.29. The zero-order chi connectivity index (χ0) is 23.4. The summed E-state index contributed by atoms with van der Waals surface area (Å²) in [4.78, 5) is 60.3. The van der Waals surface area contributed by atoms with E-state index < -0.39 is 12.1 Å². The van der Waals surface area contributed by atoms with Crippen LogP contribution in [-0.2, 0) is 0 Å². The number of likely N-dealkylation sites (N-methyl/N-ethyl adjacent to an activating group) is 2. The highest BCUT2D eigenvalue weighted by Crippen LogP contribution is 2.06. The molecular weight excluding hydrogens is 416 g/mol. The number of rotatable bonds is 6. The number of fused-ring (bicyclic) bond motifs is 2. The fraction of sp³-hybridized carbons (Fsp3) is 0.300. The Labute approximate surface area is 181 Å². The van der Waals surface area contributed by atoms with Crippen molar-refractivity contribution in [2.75, 3.05) is 40.3 Å². The van der Waals surface area contributed by atoms with Gasteiger partial charge in [0.25, 0.3) is 0 Å². The number of aromatic nitrogens is 2. The molecule has 0 aliphatic rings. The van der Waals surface area contributed by atoms with Crippen LogP contribution < -0.4 is 33.0 Å². The highest BCUT2D eigenvalue weighted by molar-refractivity contribution is 5.96. The Kier molecular flexibility index (Phi) is 6.52. The number of amides is 4. The topological polar surface area (TPSA) is 183 Å². The number of nitrogens with two attached hydrogens (primary N) is 2. The number of nitrogens with one attached hydrogen (secondary N) is 2. The van der Waals surface area contributed by atoms with E-state index in [1.165, 1.54) is 36.3 Å². The lowest BCUT2D eigenvalue weighted by atomic mass is 10.0. The fourth-order valence-electron chi connectivity index (χ4n) is 3.19. The SMILES string of the molecule is CN(CCN=c1ccc(=NCCN(C)C(N)=O)c2c(=O)c3c[nH][nH]cc3c(=O)c12)C(N)=O. The number of benzene rings is 2. The number of carbonyl (C=O) groups is 2. The number of hydrogen-bond acceptors (Lipinski definition) is 6. The highest BCUT2D eigenvalue weighted by atomic mass is 16.2. The minimum atomic E-state index is -0.593. The van der Waals surface area contributed by atoms with Gasteiger partial charge in [0, 0.05) is 39.6 Å². The Balaban J connectivity index is 2.23. The van der Waals surface area contributed by atoms with Crippen molar-refractivity contribution in [3.8, 4) is 0 Å². The number of primary amides is 2. The molecule has 0 bridgehead atoms. The molecule has 0 fully saturated rings. The molecule has 0 saturated carbocycles. The zero-order valence-electron chi connectivity index (χ0n) is 17.7. The van der Waals surface area contributed by atoms with E-state index in [1.54, 1.807) is 12.1 Å². The molecule has 0 aliphatic heterocycles. The zero-order valence-corrected chi connectivity index (χ0v) is 17.7. The van der Waals surface area contributed by atoms with Gasteiger partial charge in [0.05, 0.1) is 45.3 Å². The second-order valence-corrected chi connectivity index (χ2v) is 7.20. The Bertz CT molecular complexity index is 1320. The number of aromatic amines is 2. The molecular formula is C20H24N8O4. The first-order valence-corrected chi connectivity index (χ1v) is 9.76. The molecule has 0 saturated heterocycles. The number of carbonyl (C=O) groups excluding carboxylic acids is 2. The van der Waals surface area contributed by atoms with E-state index in [-0.39, 0.29) is 58.6 Å². The van der Waals surface area contributed by atoms with Crippen LogP contribution in [0.2, 0.25) is 0 Å². The molecule has 12 heteroatoms. The van der Waals surface area contributed by atoms with E-state index in [0.717, 1.165) is 0 Å². The first-order chi connectivity index (χ1) is 15.2. The van der Waals surface area contributed by atoms with Gasteiger partial charge in [0.15, 0.2) is 10.9 Å². The molecule has 12 nitrogen and oxygen atoms in total. The van der Waals surface area contributed by atoms with Gasteiger partial charge in [0.1, 0.15) is 0 Å². The fourth-order valence-corrected chi connectivity index (χ4v) is 3.19. The van der Waals surface area contributed by atoms with Gasteiger partial charge in [-0.3, -0.25) is 19.6 Å². The predicted octanol–water partition coefficient (Wildman–Crippen LogP) is -1.37. The normalized spacial score (nSPS) is 12.4. The molecule has 0 aliphatic carbocycles. The van der Waals surface area contributed by atoms with E-state index in [1.807, 2.05) is 0 Å². The van der Waals surface area contributed by atoms with Crippen LogP contribution in [0.25, 0.3) is 21.5 Å². The molecule has 0 atom stereocenters. The van der Waals surface area contributed by atoms with E-state index in [9.17, 15) is 19.2 Å². The number of H-pyrrole nitrogens is 2. The van der Waals surface area contributed by atoms with Gasteiger partial charge in [-0.2, -0.15) is 0 Å². The Hall–Kier alpha value is -4.22. The van der Waals surface area contributed by atoms with Crippen LogP contribution in [0.4, 0.5) is 9.59 Å². The minimum absolute atomic E-state index is 0.147. The number of nitrogens with zero attached hydrogens (tertiary/aromatic N) is 4. The van der Waals surface area contributed by atoms with Crippen LogP contribution in [0.15, 0.2) is 44.1 Å². The molecule has 1 aromatic heterocycles. The standard InChI is InChI=1S/C20H24N8O4/c1-27(19(21)31)7-5-23-13-3-4-14(24-6-8-28(2)20(22)32)16-15(13)17(29)11-9-25-26-10-12(11)18(16)30/h3-4,9-10,25-26H,5-8H2,1-2H3,(H2,21,31)(H2,22,32). The van der Waals surface area contributed by atoms with Gasteiger partial charge in [0.2, 0.25) is 0 Å². The third kappa shape index (κ3) is 4.43. The second-order valence-electron chi connectivity index (χ2n) is 7.20. The molecule has 3 rings (SSSR count). The maximum absolute atomic E-state index is 13.3. The smallest absolute Gasteiger partial charge is 0.314 e. The van der Waals surface area contributed by atoms with Crippen molar-refractivity contribution < 1.29 is 9.59 Å². The molecule has 168 valence electrons. The van der Waals surface area contributed by atoms with Gasteiger partial charge in [-0.25, -0.2) is 9.59 Å². The van der Waals surface area contributed by atoms with Crippen molar-refractivity contribution in [2.45, 2.75) is 0 Å². The first-order valence-electron chi connectivity index (χ1n) is 9.76. The molecule has 0 unspecified atom stereocenters. The molecule has 0 spiro atoms. The molecule has 2 aromatic carbocycles. The summed E-state index contributed by atoms with van der Waals surface area (Å²) in [5.74, 6) is 0. The number of urea groups is 2. The van der Waals surface area contributed by atoms with Gasteiger partial charge in [-0.05, 0) is 12.1 Å². The molecule has 4 amide bonds. The monoisotopic (exact) mass is 440 g/mol. The highest BCUT2D eigenvalue weighted by Gasteiger charge is 2.14. The molecule has 32 heavy (non-hydrogen) atoms. The van der Waals surface area contributed by atoms with Crippen LogP contribution in [0, 0.1) is 0 Å². The van der Waals surface area contributed by atoms with Gasteiger partial charge < -0.3 is 31.5 Å². The third-order valence-corrected chi connectivity index (χ3v) is 5.10. The number of hydrogen-bond donors (Lipinski definition) is 4. The van der Waals surface area contributed by atoms with Gasteiger partial charge in [-0.1, -0.05) is 0 Å². The van der Waals surface area contributed by atoms with E-state index in [0.29, 0.717) is 10.7 Å². The summed E-state index contributed by atoms with van der Waals surface area (Å²) >= 11 is 0. The summed E-state index contributed by atoms with van der Waals surface area (Å²) < 4.78 is 0. The van der Waals surface area contributed by atoms with Crippen molar-refractivity contribution in [2.24, 2.45) is 21.5 Å². The molecule has 1 heterocycles. The van der Waals surface area contributed by atoms with Crippen molar-refractivity contribution in [1.29, 1.82) is 0 Å². The summed E-state index contributed by atoms with van der Waals surface area (Å²) in [5.41, 5.74) is 9.71. The van der Waals surface area contributed by atoms with Crippen LogP contribution in [0.5, 0.6) is 0 Å². The van der Waals surface area contributed by atoms with E-state index in [2.05, 4.69) is 20.2 Å². The first kappa shape index (κ1) is 22.5. The summed E-state index contributed by atoms with van der Waals surface area (Å²) in [7, 11) is 3.07. The largest absolute Gasteiger partial charge is 0.351 e. The Morgan fingerprint density at radius 2 is 1.19 bits per heavy atom. The summed E-state index contributed by atoms with van der Waals surface area (Å²) in [6, 6.07) is 2.03. The minimum Gasteiger partial charge on any atom is -0.351 e. The molecule has 3 aromatic rings. The summed E-state index contributed by atoms with van der Waals surface area (Å²) in [5, 5.41) is 6.79. The van der Waals surface area contributed by atoms with Crippen molar-refractivity contribution >= 4 is 33.6 Å². The van der Waals surface area contributed by atoms with Crippen molar-refractivity contribution in [3.63, 3.8) is 0 Å². The lowest BCUT2D eigenvalue weighted by molar-refractivity contribution is 0.219. The van der Waals surface area contributed by atoms with Crippen molar-refractivity contribution in [1.82, 2.24) is 20.0 Å². The Morgan fingerprint density at radius 3 is 1.53 bits per heavy atom. The van der Waals surface area contributed by atoms with E-state index >= 15 is 0 Å². The third-order valence-electron chi connectivity index (χ3n) is 5.10. The maximum atomic E-state index is 13.3. The van der Waals surface area contributed by atoms with Crippen LogP contribution in [0.3, 0.4) is 0 Å². The average Bonchev–Trinajstić information content (AvgIpc) is 2.77. The molecule has 0 radical (unpaired) electrons. The van der Waals surface area contributed by atoms with E-state index in [4.69, 9.17) is 11.5 Å². The quantitative estimate of drug-likeness (QED) is 0.345. The van der Waals surface area contributed by atoms with Crippen LogP contribution >= 0.6 is 0 Å². The van der Waals surface area contributed by atoms with Gasteiger partial charge in [-0.15, -0.1) is 0 Å².